The van der Waals surface area contributed by atoms with Crippen LogP contribution in [-0.4, -0.2) is 63.7 Å². The van der Waals surface area contributed by atoms with Crippen LogP contribution >= 0.6 is 0 Å². The van der Waals surface area contributed by atoms with Gasteiger partial charge in [-0.05, 0) is 6.92 Å². The first kappa shape index (κ1) is 13.3. The lowest BCUT2D eigenvalue weighted by atomic mass is 10.0. The fourth-order valence-corrected chi connectivity index (χ4v) is 1.52. The third-order valence-electron chi connectivity index (χ3n) is 2.43. The van der Waals surface area contributed by atoms with Gasteiger partial charge in [0.1, 0.15) is 12.2 Å². The first-order chi connectivity index (χ1) is 7.45. The molecule has 0 amide bonds. The van der Waals surface area contributed by atoms with Crippen LogP contribution in [0.4, 0.5) is 0 Å². The molecule has 0 aromatic carbocycles. The summed E-state index contributed by atoms with van der Waals surface area (Å²) in [4.78, 5) is 10.6. The highest BCUT2D eigenvalue weighted by molar-refractivity contribution is 5.71. The number of aliphatic carboxylic acids is 1. The van der Waals surface area contributed by atoms with Gasteiger partial charge in [0.25, 0.3) is 0 Å². The van der Waals surface area contributed by atoms with Gasteiger partial charge in [-0.25, -0.2) is 4.79 Å². The molecule has 1 aliphatic heterocycles. The summed E-state index contributed by atoms with van der Waals surface area (Å²) in [6.45, 7) is 0.852. The van der Waals surface area contributed by atoms with Gasteiger partial charge in [0.15, 0.2) is 12.4 Å². The van der Waals surface area contributed by atoms with Gasteiger partial charge in [-0.1, -0.05) is 0 Å². The molecule has 0 spiro atoms. The van der Waals surface area contributed by atoms with E-state index in [0.717, 1.165) is 0 Å². The second-order valence-electron chi connectivity index (χ2n) is 3.69. The standard InChI is InChI=1S/C9H16O7/c1-4(9(13)14)15-5-2-7(11)16-6(3-10)8(5)12/h4-8,10-12H,2-3H2,1H3,(H,13,14)/t4-,5-,6-,7+,8+/m1/s1. The van der Waals surface area contributed by atoms with E-state index >= 15 is 0 Å². The summed E-state index contributed by atoms with van der Waals surface area (Å²) in [5, 5.41) is 36.5. The van der Waals surface area contributed by atoms with Crippen LogP contribution in [0.5, 0.6) is 0 Å². The van der Waals surface area contributed by atoms with Crippen LogP contribution in [0, 0.1) is 0 Å². The number of hydrogen-bond donors (Lipinski definition) is 4. The van der Waals surface area contributed by atoms with E-state index in [-0.39, 0.29) is 6.42 Å². The first-order valence-electron chi connectivity index (χ1n) is 4.96. The smallest absolute Gasteiger partial charge is 0.332 e. The lowest BCUT2D eigenvalue weighted by Gasteiger charge is -2.37. The average molecular weight is 236 g/mol. The maximum Gasteiger partial charge on any atom is 0.332 e. The first-order valence-corrected chi connectivity index (χ1v) is 4.96. The number of ether oxygens (including phenoxy) is 2. The highest BCUT2D eigenvalue weighted by Gasteiger charge is 2.38. The molecule has 1 rings (SSSR count). The molecule has 0 aromatic heterocycles. The van der Waals surface area contributed by atoms with Crippen LogP contribution in [0.25, 0.3) is 0 Å². The Balaban J connectivity index is 2.60. The van der Waals surface area contributed by atoms with Crippen molar-refractivity contribution in [2.24, 2.45) is 0 Å². The molecule has 0 unspecified atom stereocenters. The molecule has 0 bridgehead atoms. The van der Waals surface area contributed by atoms with Crippen molar-refractivity contribution in [3.8, 4) is 0 Å². The van der Waals surface area contributed by atoms with Crippen LogP contribution in [0.2, 0.25) is 0 Å². The summed E-state index contributed by atoms with van der Waals surface area (Å²) in [5.74, 6) is -1.16. The van der Waals surface area contributed by atoms with Crippen molar-refractivity contribution in [3.63, 3.8) is 0 Å². The summed E-state index contributed by atoms with van der Waals surface area (Å²) in [7, 11) is 0. The summed E-state index contributed by atoms with van der Waals surface area (Å²) >= 11 is 0. The minimum atomic E-state index is -1.17. The van der Waals surface area contributed by atoms with Gasteiger partial charge in [0.05, 0.1) is 12.7 Å². The van der Waals surface area contributed by atoms with E-state index < -0.39 is 43.3 Å². The van der Waals surface area contributed by atoms with E-state index in [0.29, 0.717) is 0 Å². The van der Waals surface area contributed by atoms with Crippen LogP contribution < -0.4 is 0 Å². The topological polar surface area (TPSA) is 116 Å². The number of rotatable bonds is 4. The van der Waals surface area contributed by atoms with E-state index in [4.69, 9.17) is 19.7 Å². The Bertz CT molecular complexity index is 244. The van der Waals surface area contributed by atoms with Gasteiger partial charge in [-0.2, -0.15) is 0 Å². The highest BCUT2D eigenvalue weighted by atomic mass is 16.6. The maximum absolute atomic E-state index is 10.6. The zero-order valence-electron chi connectivity index (χ0n) is 8.81. The van der Waals surface area contributed by atoms with Crippen LogP contribution in [0.1, 0.15) is 13.3 Å². The van der Waals surface area contributed by atoms with E-state index in [1.807, 2.05) is 0 Å². The number of carboxylic acid groups (broad SMARTS) is 1. The molecule has 7 heteroatoms. The largest absolute Gasteiger partial charge is 0.479 e. The molecule has 4 N–H and O–H groups in total. The van der Waals surface area contributed by atoms with Crippen LogP contribution in [0.3, 0.4) is 0 Å². The van der Waals surface area contributed by atoms with Crippen molar-refractivity contribution < 1.29 is 34.7 Å². The fraction of sp³-hybridized carbons (Fsp3) is 0.889. The van der Waals surface area contributed by atoms with Gasteiger partial charge in [-0.3, -0.25) is 0 Å². The molecule has 5 atom stereocenters. The van der Waals surface area contributed by atoms with Crippen molar-refractivity contribution in [1.29, 1.82) is 0 Å². The van der Waals surface area contributed by atoms with Gasteiger partial charge in [0.2, 0.25) is 0 Å². The third-order valence-corrected chi connectivity index (χ3v) is 2.43. The summed E-state index contributed by atoms with van der Waals surface area (Å²) in [5.41, 5.74) is 0. The van der Waals surface area contributed by atoms with Gasteiger partial charge in [0, 0.05) is 6.42 Å². The molecule has 1 fully saturated rings. The zero-order chi connectivity index (χ0) is 12.3. The molecule has 0 saturated carbocycles. The average Bonchev–Trinajstić information content (AvgIpc) is 2.22. The van der Waals surface area contributed by atoms with Gasteiger partial charge in [-0.15, -0.1) is 0 Å². The zero-order valence-corrected chi connectivity index (χ0v) is 8.81. The molecule has 0 radical (unpaired) electrons. The number of aliphatic hydroxyl groups is 3. The monoisotopic (exact) mass is 236 g/mol. The number of carbonyl (C=O) groups is 1. The molecule has 1 saturated heterocycles. The van der Waals surface area contributed by atoms with Crippen molar-refractivity contribution >= 4 is 5.97 Å². The number of carboxylic acids is 1. The molecule has 94 valence electrons. The normalized spacial score (nSPS) is 37.0. The predicted octanol–water partition coefficient (Wildman–Crippen LogP) is -1.69. The lowest BCUT2D eigenvalue weighted by Crippen LogP contribution is -2.52. The van der Waals surface area contributed by atoms with E-state index in [9.17, 15) is 15.0 Å². The molecule has 1 heterocycles. The van der Waals surface area contributed by atoms with Crippen molar-refractivity contribution in [1.82, 2.24) is 0 Å². The Hall–Kier alpha value is -0.730. The second-order valence-corrected chi connectivity index (χ2v) is 3.69. The molecule has 0 aromatic rings. The van der Waals surface area contributed by atoms with Crippen LogP contribution in [-0.2, 0) is 14.3 Å². The Morgan fingerprint density at radius 1 is 1.56 bits per heavy atom. The quantitative estimate of drug-likeness (QED) is 0.460. The lowest BCUT2D eigenvalue weighted by molar-refractivity contribution is -0.253. The Labute approximate surface area is 92.2 Å². The van der Waals surface area contributed by atoms with Crippen molar-refractivity contribution in [2.75, 3.05) is 6.61 Å². The SMILES string of the molecule is C[C@@H](O[C@@H]1C[C@@H](O)O[C@H](CO)[C@H]1O)C(=O)O. The molecule has 16 heavy (non-hydrogen) atoms. The number of aliphatic hydroxyl groups excluding tert-OH is 3. The van der Waals surface area contributed by atoms with Crippen LogP contribution in [0.15, 0.2) is 0 Å². The molecule has 7 nitrogen and oxygen atoms in total. The van der Waals surface area contributed by atoms with Crippen molar-refractivity contribution in [3.05, 3.63) is 0 Å². The highest BCUT2D eigenvalue weighted by Crippen LogP contribution is 2.22. The number of hydrogen-bond acceptors (Lipinski definition) is 6. The molecule has 1 aliphatic rings. The minimum Gasteiger partial charge on any atom is -0.479 e. The third kappa shape index (κ3) is 3.13. The summed E-state index contributed by atoms with van der Waals surface area (Å²) in [6, 6.07) is 0. The Kier molecular flexibility index (Phi) is 4.63. The summed E-state index contributed by atoms with van der Waals surface area (Å²) < 4.78 is 9.91. The fourth-order valence-electron chi connectivity index (χ4n) is 1.52. The molecule has 0 aliphatic carbocycles. The minimum absolute atomic E-state index is 0.0325. The second kappa shape index (κ2) is 5.55. The summed E-state index contributed by atoms with van der Waals surface area (Å²) in [6.07, 6.45) is -5.29. The predicted molar refractivity (Wildman–Crippen MR) is 50.6 cm³/mol. The van der Waals surface area contributed by atoms with Crippen molar-refractivity contribution in [2.45, 2.75) is 44.1 Å². The van der Waals surface area contributed by atoms with Gasteiger partial charge >= 0.3 is 5.97 Å². The Morgan fingerprint density at radius 3 is 2.69 bits per heavy atom. The molecular formula is C9H16O7. The van der Waals surface area contributed by atoms with E-state index in [1.54, 1.807) is 0 Å². The maximum atomic E-state index is 10.6. The van der Waals surface area contributed by atoms with E-state index in [1.165, 1.54) is 6.92 Å². The van der Waals surface area contributed by atoms with E-state index in [2.05, 4.69) is 0 Å². The Morgan fingerprint density at radius 2 is 2.19 bits per heavy atom. The van der Waals surface area contributed by atoms with Gasteiger partial charge < -0.3 is 29.9 Å². The molecular weight excluding hydrogens is 220 g/mol.